The summed E-state index contributed by atoms with van der Waals surface area (Å²) in [5.41, 5.74) is 7.53. The highest BCUT2D eigenvalue weighted by molar-refractivity contribution is 7.13. The van der Waals surface area contributed by atoms with Crippen molar-refractivity contribution in [2.24, 2.45) is 12.8 Å². The van der Waals surface area contributed by atoms with Crippen molar-refractivity contribution in [3.8, 4) is 10.6 Å². The second kappa shape index (κ2) is 9.47. The first-order valence-corrected chi connectivity index (χ1v) is 11.7. The number of aliphatic hydroxyl groups is 2. The van der Waals surface area contributed by atoms with Gasteiger partial charge in [-0.3, -0.25) is 9.36 Å². The smallest absolute Gasteiger partial charge is 0.169 e. The summed E-state index contributed by atoms with van der Waals surface area (Å²) in [6.45, 7) is 3.72. The van der Waals surface area contributed by atoms with Crippen LogP contribution in [0.5, 0.6) is 0 Å². The fraction of sp³-hybridized carbons (Fsp3) is 0.571. The highest BCUT2D eigenvalue weighted by Crippen LogP contribution is 2.34. The lowest BCUT2D eigenvalue weighted by Gasteiger charge is -2.19. The molecular weight excluding hydrogens is 449 g/mol. The summed E-state index contributed by atoms with van der Waals surface area (Å²) in [6, 6.07) is -0.550. The molecule has 0 radical (unpaired) electrons. The molecule has 4 atom stereocenters. The number of rotatable bonds is 7. The lowest BCUT2D eigenvalue weighted by molar-refractivity contribution is 0.0246. The second-order valence-corrected chi connectivity index (χ2v) is 9.87. The molecule has 180 valence electrons. The summed E-state index contributed by atoms with van der Waals surface area (Å²) in [4.78, 5) is 4.54. The lowest BCUT2D eigenvalue weighted by atomic mass is 10.0. The number of nitrogens with one attached hydrogen (secondary N) is 1. The van der Waals surface area contributed by atoms with Crippen molar-refractivity contribution in [2.45, 2.75) is 63.4 Å². The molecular formula is C21H30FN7O3S. The third-order valence-corrected chi connectivity index (χ3v) is 6.41. The molecule has 33 heavy (non-hydrogen) atoms. The number of nitrogens with two attached hydrogens (primary N) is 1. The number of aryl methyl sites for hydroxylation is 1. The first-order chi connectivity index (χ1) is 15.6. The fourth-order valence-corrected chi connectivity index (χ4v) is 4.63. The molecule has 12 heteroatoms. The van der Waals surface area contributed by atoms with Crippen molar-refractivity contribution < 1.29 is 19.3 Å². The topological polar surface area (TPSA) is 136 Å². The second-order valence-electron chi connectivity index (χ2n) is 9.01. The SMILES string of the molecule is Cn1ncc(NC(O)c2csc(-c3cnn(CC(C)(C)O)c3)n2)c1[C@@H]1CC[C@@H](N)[C@H](F)CO1. The maximum absolute atomic E-state index is 14.0. The molecule has 4 rings (SSSR count). The first-order valence-electron chi connectivity index (χ1n) is 10.8. The quantitative estimate of drug-likeness (QED) is 0.379. The highest BCUT2D eigenvalue weighted by atomic mass is 32.1. The van der Waals surface area contributed by atoms with Crippen LogP contribution in [0.2, 0.25) is 0 Å². The minimum absolute atomic E-state index is 0.0738. The molecule has 0 bridgehead atoms. The number of hydrogen-bond acceptors (Lipinski definition) is 9. The van der Waals surface area contributed by atoms with E-state index < -0.39 is 24.0 Å². The van der Waals surface area contributed by atoms with E-state index in [1.54, 1.807) is 48.0 Å². The van der Waals surface area contributed by atoms with Gasteiger partial charge in [-0.15, -0.1) is 11.3 Å². The van der Waals surface area contributed by atoms with Crippen LogP contribution < -0.4 is 11.1 Å². The Morgan fingerprint density at radius 3 is 2.91 bits per heavy atom. The van der Waals surface area contributed by atoms with Crippen LogP contribution in [0.4, 0.5) is 10.1 Å². The van der Waals surface area contributed by atoms with Crippen molar-refractivity contribution in [1.29, 1.82) is 0 Å². The van der Waals surface area contributed by atoms with Gasteiger partial charge in [-0.2, -0.15) is 10.2 Å². The van der Waals surface area contributed by atoms with Crippen molar-refractivity contribution >= 4 is 17.0 Å². The zero-order valence-electron chi connectivity index (χ0n) is 18.8. The number of hydrogen-bond donors (Lipinski definition) is 4. The maximum Gasteiger partial charge on any atom is 0.169 e. The van der Waals surface area contributed by atoms with Crippen molar-refractivity contribution in [3.05, 3.63) is 35.4 Å². The van der Waals surface area contributed by atoms with E-state index in [0.29, 0.717) is 35.8 Å². The number of thiazole rings is 1. The zero-order valence-corrected chi connectivity index (χ0v) is 19.7. The first kappa shape index (κ1) is 23.8. The molecule has 10 nitrogen and oxygen atoms in total. The van der Waals surface area contributed by atoms with Gasteiger partial charge in [0, 0.05) is 30.2 Å². The normalized spacial score (nSPS) is 22.8. The average molecular weight is 480 g/mol. The fourth-order valence-electron chi connectivity index (χ4n) is 3.82. The van der Waals surface area contributed by atoms with E-state index in [4.69, 9.17) is 10.5 Å². The number of halogens is 1. The number of nitrogens with zero attached hydrogens (tertiary/aromatic N) is 5. The summed E-state index contributed by atoms with van der Waals surface area (Å²) in [5, 5.41) is 34.8. The molecule has 3 aromatic heterocycles. The number of alkyl halides is 1. The third kappa shape index (κ3) is 5.58. The van der Waals surface area contributed by atoms with Gasteiger partial charge < -0.3 is 26.0 Å². The van der Waals surface area contributed by atoms with Gasteiger partial charge in [-0.25, -0.2) is 9.37 Å². The Morgan fingerprint density at radius 1 is 1.36 bits per heavy atom. The van der Waals surface area contributed by atoms with Crippen LogP contribution >= 0.6 is 11.3 Å². The van der Waals surface area contributed by atoms with E-state index in [9.17, 15) is 14.6 Å². The van der Waals surface area contributed by atoms with Crippen LogP contribution in [-0.2, 0) is 18.3 Å². The molecule has 1 aliphatic rings. The average Bonchev–Trinajstić information content (AvgIpc) is 3.45. The molecule has 1 saturated heterocycles. The molecule has 4 heterocycles. The van der Waals surface area contributed by atoms with E-state index in [2.05, 4.69) is 20.5 Å². The van der Waals surface area contributed by atoms with Gasteiger partial charge in [0.25, 0.3) is 0 Å². The summed E-state index contributed by atoms with van der Waals surface area (Å²) in [7, 11) is 1.78. The Bertz CT molecular complexity index is 1060. The van der Waals surface area contributed by atoms with E-state index in [-0.39, 0.29) is 12.7 Å². The van der Waals surface area contributed by atoms with Gasteiger partial charge in [0.05, 0.1) is 42.5 Å². The standard InChI is InChI=1S/C21H30FN7O3S/c1-21(2,31)11-29-8-12(6-25-29)20-27-16(10-33-20)19(30)26-15-7-24-28(3)18(15)17-5-4-14(23)13(22)9-32-17/h6-8,10,13-14,17,19,26,30-31H,4-5,9,11,23H2,1-3H3/t13-,14-,17+,19?/m1/s1. The predicted octanol–water partition coefficient (Wildman–Crippen LogP) is 2.13. The molecule has 0 aromatic carbocycles. The molecule has 5 N–H and O–H groups in total. The molecule has 1 unspecified atom stereocenters. The maximum atomic E-state index is 14.0. The van der Waals surface area contributed by atoms with E-state index in [0.717, 1.165) is 11.3 Å². The van der Waals surface area contributed by atoms with Crippen LogP contribution in [0.1, 0.15) is 50.4 Å². The largest absolute Gasteiger partial charge is 0.389 e. The van der Waals surface area contributed by atoms with E-state index in [1.807, 2.05) is 6.20 Å². The summed E-state index contributed by atoms with van der Waals surface area (Å²) >= 11 is 1.39. The molecule has 0 aliphatic carbocycles. The minimum Gasteiger partial charge on any atom is -0.389 e. The summed E-state index contributed by atoms with van der Waals surface area (Å²) in [5.74, 6) is 0. The summed E-state index contributed by atoms with van der Waals surface area (Å²) < 4.78 is 23.0. The van der Waals surface area contributed by atoms with Crippen LogP contribution in [0.3, 0.4) is 0 Å². The number of ether oxygens (including phenoxy) is 1. The number of aliphatic hydroxyl groups excluding tert-OH is 1. The number of aromatic nitrogens is 5. The molecule has 0 saturated carbocycles. The molecule has 3 aromatic rings. The Balaban J connectivity index is 1.47. The molecule has 1 fully saturated rings. The van der Waals surface area contributed by atoms with Gasteiger partial charge in [-0.1, -0.05) is 0 Å². The van der Waals surface area contributed by atoms with Crippen LogP contribution in [0.25, 0.3) is 10.6 Å². The van der Waals surface area contributed by atoms with Crippen LogP contribution in [0, 0.1) is 0 Å². The van der Waals surface area contributed by atoms with Gasteiger partial charge >= 0.3 is 0 Å². The van der Waals surface area contributed by atoms with Gasteiger partial charge in [0.1, 0.15) is 23.0 Å². The van der Waals surface area contributed by atoms with E-state index >= 15 is 0 Å². The zero-order chi connectivity index (χ0) is 23.8. The number of anilines is 1. The van der Waals surface area contributed by atoms with Crippen molar-refractivity contribution in [2.75, 3.05) is 11.9 Å². The Hall–Kier alpha value is -2.38. The van der Waals surface area contributed by atoms with Crippen molar-refractivity contribution in [1.82, 2.24) is 24.5 Å². The lowest BCUT2D eigenvalue weighted by Crippen LogP contribution is -2.32. The Labute approximate surface area is 195 Å². The van der Waals surface area contributed by atoms with Gasteiger partial charge in [0.15, 0.2) is 6.23 Å². The van der Waals surface area contributed by atoms with Gasteiger partial charge in [-0.05, 0) is 26.7 Å². The third-order valence-electron chi connectivity index (χ3n) is 5.50. The van der Waals surface area contributed by atoms with E-state index in [1.165, 1.54) is 11.3 Å². The summed E-state index contributed by atoms with van der Waals surface area (Å²) in [6.07, 6.45) is 3.49. The predicted molar refractivity (Wildman–Crippen MR) is 122 cm³/mol. The molecule has 0 spiro atoms. The molecule has 0 amide bonds. The van der Waals surface area contributed by atoms with Crippen LogP contribution in [0.15, 0.2) is 24.0 Å². The molecule has 1 aliphatic heterocycles. The highest BCUT2D eigenvalue weighted by Gasteiger charge is 2.30. The Morgan fingerprint density at radius 2 is 2.15 bits per heavy atom. The van der Waals surface area contributed by atoms with Crippen molar-refractivity contribution in [3.63, 3.8) is 0 Å². The minimum atomic E-state index is -1.20. The van der Waals surface area contributed by atoms with Crippen LogP contribution in [-0.4, -0.2) is 59.2 Å². The Kier molecular flexibility index (Phi) is 6.82. The monoisotopic (exact) mass is 479 g/mol. The van der Waals surface area contributed by atoms with Gasteiger partial charge in [0.2, 0.25) is 0 Å².